The number of benzene rings is 1. The van der Waals surface area contributed by atoms with E-state index in [-0.39, 0.29) is 10.8 Å². The standard InChI is InChI=1S/C12H12ClFN2O2S/c1-7(12-15-8(2)16-18-12)19(17)6-9-3-4-10(14)5-11(9)13/h3-5,7H,6H2,1-2H3/t7-,19+/m1/s1. The Balaban J connectivity index is 2.12. The SMILES string of the molecule is Cc1noc([C@@H](C)[S@@](=O)Cc2ccc(F)cc2Cl)n1. The Hall–Kier alpha value is -1.27. The van der Waals surface area contributed by atoms with Crippen LogP contribution in [-0.4, -0.2) is 14.3 Å². The van der Waals surface area contributed by atoms with Gasteiger partial charge in [-0.25, -0.2) is 4.39 Å². The molecule has 0 amide bonds. The van der Waals surface area contributed by atoms with Gasteiger partial charge in [0.25, 0.3) is 0 Å². The van der Waals surface area contributed by atoms with E-state index in [2.05, 4.69) is 10.1 Å². The van der Waals surface area contributed by atoms with Gasteiger partial charge in [-0.05, 0) is 31.5 Å². The van der Waals surface area contributed by atoms with Crippen LogP contribution in [0.1, 0.15) is 29.5 Å². The molecule has 0 spiro atoms. The molecule has 2 aromatic rings. The number of aryl methyl sites for hydroxylation is 1. The van der Waals surface area contributed by atoms with Gasteiger partial charge in [-0.3, -0.25) is 4.21 Å². The average molecular weight is 303 g/mol. The molecule has 19 heavy (non-hydrogen) atoms. The third-order valence-corrected chi connectivity index (χ3v) is 4.54. The van der Waals surface area contributed by atoms with Crippen LogP contribution in [0.5, 0.6) is 0 Å². The molecule has 1 aromatic carbocycles. The first kappa shape index (κ1) is 14.1. The lowest BCUT2D eigenvalue weighted by Crippen LogP contribution is -2.06. The fourth-order valence-corrected chi connectivity index (χ4v) is 2.95. The van der Waals surface area contributed by atoms with Gasteiger partial charge in [-0.1, -0.05) is 22.8 Å². The van der Waals surface area contributed by atoms with Crippen LogP contribution in [0.3, 0.4) is 0 Å². The number of nitrogens with zero attached hydrogens (tertiary/aromatic N) is 2. The summed E-state index contributed by atoms with van der Waals surface area (Å²) in [5.41, 5.74) is 0.629. The molecule has 7 heteroatoms. The number of rotatable bonds is 4. The van der Waals surface area contributed by atoms with Crippen molar-refractivity contribution in [3.05, 3.63) is 46.3 Å². The molecule has 0 saturated carbocycles. The van der Waals surface area contributed by atoms with Crippen molar-refractivity contribution in [3.8, 4) is 0 Å². The Morgan fingerprint density at radius 1 is 1.53 bits per heavy atom. The lowest BCUT2D eigenvalue weighted by atomic mass is 10.2. The van der Waals surface area contributed by atoms with Gasteiger partial charge in [0, 0.05) is 15.8 Å². The monoisotopic (exact) mass is 302 g/mol. The van der Waals surface area contributed by atoms with Crippen molar-refractivity contribution in [2.24, 2.45) is 0 Å². The first-order valence-corrected chi connectivity index (χ1v) is 7.34. The molecule has 0 aliphatic heterocycles. The van der Waals surface area contributed by atoms with E-state index >= 15 is 0 Å². The summed E-state index contributed by atoms with van der Waals surface area (Å²) in [5.74, 6) is 0.620. The molecule has 0 fully saturated rings. The van der Waals surface area contributed by atoms with E-state index < -0.39 is 21.9 Å². The van der Waals surface area contributed by atoms with Crippen molar-refractivity contribution in [2.75, 3.05) is 0 Å². The van der Waals surface area contributed by atoms with Crippen molar-refractivity contribution >= 4 is 22.4 Å². The van der Waals surface area contributed by atoms with Gasteiger partial charge >= 0.3 is 0 Å². The molecule has 0 bridgehead atoms. The second-order valence-electron chi connectivity index (χ2n) is 4.08. The molecular formula is C12H12ClFN2O2S. The summed E-state index contributed by atoms with van der Waals surface area (Å²) in [6.45, 7) is 3.43. The largest absolute Gasteiger partial charge is 0.338 e. The molecule has 0 aliphatic rings. The number of aromatic nitrogens is 2. The molecule has 0 unspecified atom stereocenters. The highest BCUT2D eigenvalue weighted by Gasteiger charge is 2.20. The van der Waals surface area contributed by atoms with Crippen molar-refractivity contribution in [2.45, 2.75) is 24.9 Å². The summed E-state index contributed by atoms with van der Waals surface area (Å²) in [6.07, 6.45) is 0. The number of halogens is 2. The molecule has 0 aliphatic carbocycles. The average Bonchev–Trinajstić information content (AvgIpc) is 2.78. The van der Waals surface area contributed by atoms with Gasteiger partial charge in [0.1, 0.15) is 11.1 Å². The van der Waals surface area contributed by atoms with Crippen LogP contribution in [0.2, 0.25) is 5.02 Å². The molecular weight excluding hydrogens is 291 g/mol. The van der Waals surface area contributed by atoms with Gasteiger partial charge in [0.15, 0.2) is 5.82 Å². The van der Waals surface area contributed by atoms with Crippen LogP contribution in [0.4, 0.5) is 4.39 Å². The van der Waals surface area contributed by atoms with Crippen molar-refractivity contribution < 1.29 is 13.1 Å². The molecule has 2 atom stereocenters. The summed E-state index contributed by atoms with van der Waals surface area (Å²) in [6, 6.07) is 4.02. The first-order valence-electron chi connectivity index (χ1n) is 5.58. The fraction of sp³-hybridized carbons (Fsp3) is 0.333. The molecule has 102 valence electrons. The van der Waals surface area contributed by atoms with E-state index in [4.69, 9.17) is 16.1 Å². The Labute approximate surface area is 117 Å². The smallest absolute Gasteiger partial charge is 0.242 e. The zero-order valence-electron chi connectivity index (χ0n) is 10.4. The zero-order chi connectivity index (χ0) is 14.0. The minimum atomic E-state index is -1.27. The van der Waals surface area contributed by atoms with Gasteiger partial charge in [0.05, 0.1) is 5.75 Å². The predicted molar refractivity (Wildman–Crippen MR) is 70.7 cm³/mol. The molecule has 4 nitrogen and oxygen atoms in total. The lowest BCUT2D eigenvalue weighted by molar-refractivity contribution is 0.375. The van der Waals surface area contributed by atoms with E-state index in [1.165, 1.54) is 18.2 Å². The van der Waals surface area contributed by atoms with Crippen molar-refractivity contribution in [3.63, 3.8) is 0 Å². The Morgan fingerprint density at radius 3 is 2.84 bits per heavy atom. The summed E-state index contributed by atoms with van der Waals surface area (Å²) >= 11 is 5.90. The van der Waals surface area contributed by atoms with E-state index in [1.54, 1.807) is 13.8 Å². The highest BCUT2D eigenvalue weighted by molar-refractivity contribution is 7.84. The van der Waals surface area contributed by atoms with Crippen LogP contribution in [-0.2, 0) is 16.6 Å². The summed E-state index contributed by atoms with van der Waals surface area (Å²) < 4.78 is 30.1. The van der Waals surface area contributed by atoms with E-state index in [1.807, 2.05) is 0 Å². The quantitative estimate of drug-likeness (QED) is 0.870. The molecule has 2 rings (SSSR count). The second kappa shape index (κ2) is 5.79. The van der Waals surface area contributed by atoms with E-state index in [0.717, 1.165) is 0 Å². The summed E-state index contributed by atoms with van der Waals surface area (Å²) in [7, 11) is -1.27. The minimum Gasteiger partial charge on any atom is -0.338 e. The van der Waals surface area contributed by atoms with Crippen LogP contribution in [0.25, 0.3) is 0 Å². The van der Waals surface area contributed by atoms with Crippen molar-refractivity contribution in [1.82, 2.24) is 10.1 Å². The molecule has 0 radical (unpaired) electrons. The summed E-state index contributed by atoms with van der Waals surface area (Å²) in [4.78, 5) is 4.05. The van der Waals surface area contributed by atoms with Gasteiger partial charge < -0.3 is 4.52 Å². The van der Waals surface area contributed by atoms with Gasteiger partial charge in [-0.2, -0.15) is 4.98 Å². The zero-order valence-corrected chi connectivity index (χ0v) is 12.0. The third-order valence-electron chi connectivity index (χ3n) is 2.60. The fourth-order valence-electron chi connectivity index (χ4n) is 1.51. The predicted octanol–water partition coefficient (Wildman–Crippen LogP) is 3.18. The highest BCUT2D eigenvalue weighted by Crippen LogP contribution is 2.24. The van der Waals surface area contributed by atoms with Crippen LogP contribution in [0.15, 0.2) is 22.7 Å². The van der Waals surface area contributed by atoms with Gasteiger partial charge in [0.2, 0.25) is 5.89 Å². The van der Waals surface area contributed by atoms with Crippen LogP contribution < -0.4 is 0 Å². The topological polar surface area (TPSA) is 56.0 Å². The summed E-state index contributed by atoms with van der Waals surface area (Å²) in [5, 5.41) is 3.53. The minimum absolute atomic E-state index is 0.210. The second-order valence-corrected chi connectivity index (χ2v) is 6.25. The number of hydrogen-bond donors (Lipinski definition) is 0. The molecule has 1 aromatic heterocycles. The normalized spacial score (nSPS) is 14.3. The van der Waals surface area contributed by atoms with E-state index in [9.17, 15) is 8.60 Å². The molecule has 0 saturated heterocycles. The number of hydrogen-bond acceptors (Lipinski definition) is 4. The maximum Gasteiger partial charge on any atom is 0.242 e. The Kier molecular flexibility index (Phi) is 4.31. The molecule has 1 heterocycles. The van der Waals surface area contributed by atoms with Crippen LogP contribution in [0, 0.1) is 12.7 Å². The first-order chi connectivity index (χ1) is 8.97. The Morgan fingerprint density at radius 2 is 2.26 bits per heavy atom. The maximum absolute atomic E-state index is 12.9. The highest BCUT2D eigenvalue weighted by atomic mass is 35.5. The Bertz CT molecular complexity index is 618. The van der Waals surface area contributed by atoms with E-state index in [0.29, 0.717) is 17.3 Å². The molecule has 0 N–H and O–H groups in total. The third kappa shape index (κ3) is 3.39. The van der Waals surface area contributed by atoms with Gasteiger partial charge in [-0.15, -0.1) is 0 Å². The van der Waals surface area contributed by atoms with Crippen molar-refractivity contribution in [1.29, 1.82) is 0 Å². The lowest BCUT2D eigenvalue weighted by Gasteiger charge is -2.08. The maximum atomic E-state index is 12.9. The van der Waals surface area contributed by atoms with Crippen LogP contribution >= 0.6 is 11.6 Å².